The fourth-order valence-corrected chi connectivity index (χ4v) is 1.55. The number of ether oxygens (including phenoxy) is 1. The molecular formula is C13H21F2N3O. The van der Waals surface area contributed by atoms with E-state index >= 15 is 0 Å². The molecule has 0 aliphatic rings. The monoisotopic (exact) mass is 273 g/mol. The molecule has 0 bridgehead atoms. The maximum atomic E-state index is 11.9. The first-order valence-electron chi connectivity index (χ1n) is 6.48. The summed E-state index contributed by atoms with van der Waals surface area (Å²) >= 11 is 0. The van der Waals surface area contributed by atoms with E-state index in [0.29, 0.717) is 12.2 Å². The third-order valence-electron chi connectivity index (χ3n) is 2.69. The Balaban J connectivity index is 2.60. The molecule has 0 aliphatic carbocycles. The number of hydrogen-bond donors (Lipinski definition) is 1. The minimum atomic E-state index is -2.43. The summed E-state index contributed by atoms with van der Waals surface area (Å²) in [4.78, 5) is 8.74. The summed E-state index contributed by atoms with van der Waals surface area (Å²) in [7, 11) is 0. The first kappa shape index (κ1) is 15.8. The first-order chi connectivity index (χ1) is 9.04. The average Bonchev–Trinajstić information content (AvgIpc) is 2.36. The van der Waals surface area contributed by atoms with Crippen LogP contribution >= 0.6 is 0 Å². The van der Waals surface area contributed by atoms with Gasteiger partial charge in [-0.1, -0.05) is 6.92 Å². The number of aryl methyl sites for hydroxylation is 1. The molecule has 1 aromatic rings. The summed E-state index contributed by atoms with van der Waals surface area (Å²) in [5.74, 6) is 1.44. The van der Waals surface area contributed by atoms with Gasteiger partial charge in [0.2, 0.25) is 0 Å². The van der Waals surface area contributed by atoms with Gasteiger partial charge in [-0.05, 0) is 20.3 Å². The topological polar surface area (TPSA) is 47.0 Å². The highest BCUT2D eigenvalue weighted by atomic mass is 19.3. The first-order valence-corrected chi connectivity index (χ1v) is 6.48. The number of rotatable bonds is 8. The molecule has 1 heterocycles. The van der Waals surface area contributed by atoms with Crippen molar-refractivity contribution >= 4 is 5.82 Å². The molecule has 0 amide bonds. The normalized spacial score (nSPS) is 11.1. The summed E-state index contributed by atoms with van der Waals surface area (Å²) < 4.78 is 28.7. The Labute approximate surface area is 112 Å². The van der Waals surface area contributed by atoms with Crippen molar-refractivity contribution in [2.24, 2.45) is 0 Å². The Morgan fingerprint density at radius 2 is 2.00 bits per heavy atom. The van der Waals surface area contributed by atoms with Crippen LogP contribution in [-0.2, 0) is 11.2 Å². The Kier molecular flexibility index (Phi) is 6.62. The minimum Gasteiger partial charge on any atom is -0.375 e. The second kappa shape index (κ2) is 7.99. The molecule has 0 radical (unpaired) electrons. The van der Waals surface area contributed by atoms with E-state index in [4.69, 9.17) is 4.74 Å². The molecule has 108 valence electrons. The van der Waals surface area contributed by atoms with E-state index in [1.807, 2.05) is 13.8 Å². The standard InChI is InChI=1S/C13H21F2N3O/c1-4-6-16-13-9(2)10(3)17-12(18-13)5-7-19-8-11(14)15/h11H,4-8H2,1-3H3,(H,16,17,18). The molecule has 0 atom stereocenters. The molecule has 19 heavy (non-hydrogen) atoms. The van der Waals surface area contributed by atoms with Gasteiger partial charge in [-0.15, -0.1) is 0 Å². The highest BCUT2D eigenvalue weighted by Crippen LogP contribution is 2.15. The molecule has 0 unspecified atom stereocenters. The van der Waals surface area contributed by atoms with Crippen molar-refractivity contribution in [3.05, 3.63) is 17.1 Å². The smallest absolute Gasteiger partial charge is 0.261 e. The number of hydrogen-bond acceptors (Lipinski definition) is 4. The van der Waals surface area contributed by atoms with Gasteiger partial charge in [0.05, 0.1) is 6.61 Å². The van der Waals surface area contributed by atoms with Crippen molar-refractivity contribution in [1.29, 1.82) is 0 Å². The molecule has 0 aromatic carbocycles. The van der Waals surface area contributed by atoms with E-state index in [0.717, 1.165) is 30.0 Å². The molecule has 0 spiro atoms. The van der Waals surface area contributed by atoms with Crippen LogP contribution in [0.25, 0.3) is 0 Å². The quantitative estimate of drug-likeness (QED) is 0.740. The molecule has 0 saturated heterocycles. The summed E-state index contributed by atoms with van der Waals surface area (Å²) in [5, 5.41) is 3.24. The number of halogens is 2. The number of aromatic nitrogens is 2. The van der Waals surface area contributed by atoms with Gasteiger partial charge in [-0.25, -0.2) is 18.7 Å². The summed E-state index contributed by atoms with van der Waals surface area (Å²) in [6.45, 7) is 6.47. The second-order valence-electron chi connectivity index (χ2n) is 4.34. The van der Waals surface area contributed by atoms with E-state index in [-0.39, 0.29) is 6.61 Å². The molecule has 1 rings (SSSR count). The fraction of sp³-hybridized carbons (Fsp3) is 0.692. The average molecular weight is 273 g/mol. The minimum absolute atomic E-state index is 0.208. The van der Waals surface area contributed by atoms with Crippen LogP contribution in [0.3, 0.4) is 0 Å². The summed E-state index contributed by atoms with van der Waals surface area (Å²) in [5.41, 5.74) is 1.92. The van der Waals surface area contributed by atoms with Crippen LogP contribution < -0.4 is 5.32 Å². The molecule has 6 heteroatoms. The molecule has 1 aromatic heterocycles. The van der Waals surface area contributed by atoms with Gasteiger partial charge in [0.1, 0.15) is 18.2 Å². The van der Waals surface area contributed by atoms with Gasteiger partial charge in [-0.2, -0.15) is 0 Å². The predicted molar refractivity (Wildman–Crippen MR) is 70.8 cm³/mol. The van der Waals surface area contributed by atoms with Crippen LogP contribution in [0.1, 0.15) is 30.4 Å². The zero-order valence-electron chi connectivity index (χ0n) is 11.7. The Bertz CT molecular complexity index is 400. The third-order valence-corrected chi connectivity index (χ3v) is 2.69. The van der Waals surface area contributed by atoms with Gasteiger partial charge in [-0.3, -0.25) is 0 Å². The van der Waals surface area contributed by atoms with Crippen LogP contribution in [0, 0.1) is 13.8 Å². The zero-order chi connectivity index (χ0) is 14.3. The lowest BCUT2D eigenvalue weighted by Gasteiger charge is -2.11. The summed E-state index contributed by atoms with van der Waals surface area (Å²) in [6.07, 6.45) is -0.980. The lowest BCUT2D eigenvalue weighted by molar-refractivity contribution is 0.0183. The second-order valence-corrected chi connectivity index (χ2v) is 4.34. The lowest BCUT2D eigenvalue weighted by atomic mass is 10.2. The SMILES string of the molecule is CCCNc1nc(CCOCC(F)F)nc(C)c1C. The Hall–Kier alpha value is -1.30. The van der Waals surface area contributed by atoms with Gasteiger partial charge < -0.3 is 10.1 Å². The van der Waals surface area contributed by atoms with Crippen molar-refractivity contribution in [2.75, 3.05) is 25.1 Å². The lowest BCUT2D eigenvalue weighted by Crippen LogP contribution is -2.12. The summed E-state index contributed by atoms with van der Waals surface area (Å²) in [6, 6.07) is 0. The van der Waals surface area contributed by atoms with Gasteiger partial charge in [0.25, 0.3) is 6.43 Å². The van der Waals surface area contributed by atoms with E-state index in [1.165, 1.54) is 0 Å². The molecular weight excluding hydrogens is 252 g/mol. The van der Waals surface area contributed by atoms with E-state index in [1.54, 1.807) is 0 Å². The van der Waals surface area contributed by atoms with Gasteiger partial charge >= 0.3 is 0 Å². The highest BCUT2D eigenvalue weighted by molar-refractivity contribution is 5.45. The highest BCUT2D eigenvalue weighted by Gasteiger charge is 2.08. The van der Waals surface area contributed by atoms with Crippen molar-refractivity contribution in [3.63, 3.8) is 0 Å². The third kappa shape index (κ3) is 5.46. The van der Waals surface area contributed by atoms with E-state index < -0.39 is 13.0 Å². The molecule has 0 aliphatic heterocycles. The molecule has 0 saturated carbocycles. The molecule has 4 nitrogen and oxygen atoms in total. The van der Waals surface area contributed by atoms with Crippen LogP contribution in [-0.4, -0.2) is 36.2 Å². The number of anilines is 1. The van der Waals surface area contributed by atoms with Crippen molar-refractivity contribution in [1.82, 2.24) is 9.97 Å². The van der Waals surface area contributed by atoms with Gasteiger partial charge in [0.15, 0.2) is 0 Å². The number of nitrogens with one attached hydrogen (secondary N) is 1. The zero-order valence-corrected chi connectivity index (χ0v) is 11.7. The molecule has 0 fully saturated rings. The fourth-order valence-electron chi connectivity index (χ4n) is 1.55. The largest absolute Gasteiger partial charge is 0.375 e. The van der Waals surface area contributed by atoms with Crippen LogP contribution in [0.5, 0.6) is 0 Å². The Morgan fingerprint density at radius 1 is 1.26 bits per heavy atom. The van der Waals surface area contributed by atoms with Crippen molar-refractivity contribution < 1.29 is 13.5 Å². The molecule has 1 N–H and O–H groups in total. The van der Waals surface area contributed by atoms with E-state index in [2.05, 4.69) is 22.2 Å². The maximum absolute atomic E-state index is 11.9. The van der Waals surface area contributed by atoms with Crippen molar-refractivity contribution in [3.8, 4) is 0 Å². The van der Waals surface area contributed by atoms with Gasteiger partial charge in [0, 0.05) is 24.2 Å². The van der Waals surface area contributed by atoms with Crippen molar-refractivity contribution in [2.45, 2.75) is 40.0 Å². The van der Waals surface area contributed by atoms with Crippen LogP contribution in [0.2, 0.25) is 0 Å². The number of nitrogens with zero attached hydrogens (tertiary/aromatic N) is 2. The van der Waals surface area contributed by atoms with Crippen LogP contribution in [0.4, 0.5) is 14.6 Å². The number of alkyl halides is 2. The Morgan fingerprint density at radius 3 is 2.63 bits per heavy atom. The van der Waals surface area contributed by atoms with Crippen LogP contribution in [0.15, 0.2) is 0 Å². The maximum Gasteiger partial charge on any atom is 0.261 e. The predicted octanol–water partition coefficient (Wildman–Crippen LogP) is 2.74. The van der Waals surface area contributed by atoms with E-state index in [9.17, 15) is 8.78 Å².